The zero-order chi connectivity index (χ0) is 16.1. The Morgan fingerprint density at radius 3 is 2.65 bits per heavy atom. The maximum atomic E-state index is 12.6. The van der Waals surface area contributed by atoms with E-state index in [4.69, 9.17) is 9.47 Å². The Labute approximate surface area is 139 Å². The molecule has 0 aromatic carbocycles. The standard InChI is InChI=1S/C17H31N3O3/c1-14-15(18-7-10-23-14)16(21)19-13-17(5-3-2-4-6-17)20-8-11-22-12-9-20/h14-15,18H,2-13H2,1H3,(H,19,21)/t14-,15+/m1/s1. The first-order valence-electron chi connectivity index (χ1n) is 9.17. The van der Waals surface area contributed by atoms with Gasteiger partial charge in [-0.25, -0.2) is 0 Å². The molecule has 2 atom stereocenters. The second-order valence-electron chi connectivity index (χ2n) is 7.11. The Kier molecular flexibility index (Phi) is 5.91. The number of nitrogens with zero attached hydrogens (tertiary/aromatic N) is 1. The van der Waals surface area contributed by atoms with Gasteiger partial charge in [0.2, 0.25) is 5.91 Å². The molecule has 3 aliphatic rings. The summed E-state index contributed by atoms with van der Waals surface area (Å²) in [6.07, 6.45) is 6.13. The van der Waals surface area contributed by atoms with E-state index in [1.807, 2.05) is 6.92 Å². The monoisotopic (exact) mass is 325 g/mol. The molecular formula is C17H31N3O3. The van der Waals surface area contributed by atoms with Crippen molar-refractivity contribution in [2.24, 2.45) is 0 Å². The average Bonchev–Trinajstić information content (AvgIpc) is 2.62. The molecule has 0 radical (unpaired) electrons. The van der Waals surface area contributed by atoms with Crippen LogP contribution in [0.2, 0.25) is 0 Å². The molecule has 0 spiro atoms. The number of amides is 1. The topological polar surface area (TPSA) is 62.8 Å². The second kappa shape index (κ2) is 7.92. The Balaban J connectivity index is 1.60. The summed E-state index contributed by atoms with van der Waals surface area (Å²) in [5.41, 5.74) is 0.121. The number of carbonyl (C=O) groups is 1. The highest BCUT2D eigenvalue weighted by Crippen LogP contribution is 2.33. The number of hydrogen-bond donors (Lipinski definition) is 2. The van der Waals surface area contributed by atoms with Gasteiger partial charge in [0, 0.05) is 31.7 Å². The summed E-state index contributed by atoms with van der Waals surface area (Å²) in [5.74, 6) is 0.0791. The highest BCUT2D eigenvalue weighted by molar-refractivity contribution is 5.82. The fourth-order valence-corrected chi connectivity index (χ4v) is 4.24. The summed E-state index contributed by atoms with van der Waals surface area (Å²) in [7, 11) is 0. The van der Waals surface area contributed by atoms with Crippen LogP contribution in [0.1, 0.15) is 39.0 Å². The Morgan fingerprint density at radius 1 is 1.22 bits per heavy atom. The van der Waals surface area contributed by atoms with Gasteiger partial charge < -0.3 is 20.1 Å². The maximum Gasteiger partial charge on any atom is 0.239 e. The third-order valence-corrected chi connectivity index (χ3v) is 5.66. The van der Waals surface area contributed by atoms with E-state index in [2.05, 4.69) is 15.5 Å². The number of ether oxygens (including phenoxy) is 2. The van der Waals surface area contributed by atoms with Crippen molar-refractivity contribution in [2.45, 2.75) is 56.7 Å². The molecule has 23 heavy (non-hydrogen) atoms. The van der Waals surface area contributed by atoms with Crippen molar-refractivity contribution in [1.29, 1.82) is 0 Å². The Bertz CT molecular complexity index is 393. The predicted molar refractivity (Wildman–Crippen MR) is 88.4 cm³/mol. The fourth-order valence-electron chi connectivity index (χ4n) is 4.24. The minimum absolute atomic E-state index is 0.0607. The Morgan fingerprint density at radius 2 is 1.96 bits per heavy atom. The van der Waals surface area contributed by atoms with Gasteiger partial charge in [0.1, 0.15) is 6.04 Å². The van der Waals surface area contributed by atoms with Gasteiger partial charge in [-0.3, -0.25) is 9.69 Å². The van der Waals surface area contributed by atoms with Crippen molar-refractivity contribution in [2.75, 3.05) is 46.0 Å². The van der Waals surface area contributed by atoms with E-state index in [0.717, 1.165) is 39.4 Å². The molecule has 1 amide bonds. The summed E-state index contributed by atoms with van der Waals surface area (Å²) >= 11 is 0. The molecule has 1 aliphatic carbocycles. The van der Waals surface area contributed by atoms with Crippen LogP contribution in [-0.2, 0) is 14.3 Å². The molecule has 6 nitrogen and oxygen atoms in total. The number of carbonyl (C=O) groups excluding carboxylic acids is 1. The molecule has 132 valence electrons. The van der Waals surface area contributed by atoms with Crippen LogP contribution in [0.25, 0.3) is 0 Å². The lowest BCUT2D eigenvalue weighted by Gasteiger charge is -2.48. The van der Waals surface area contributed by atoms with Gasteiger partial charge in [0.25, 0.3) is 0 Å². The molecule has 3 rings (SSSR count). The third-order valence-electron chi connectivity index (χ3n) is 5.66. The Hall–Kier alpha value is -0.690. The van der Waals surface area contributed by atoms with Crippen LogP contribution in [0.15, 0.2) is 0 Å². The van der Waals surface area contributed by atoms with Gasteiger partial charge in [0.15, 0.2) is 0 Å². The molecule has 1 saturated carbocycles. The van der Waals surface area contributed by atoms with Gasteiger partial charge in [0.05, 0.1) is 25.9 Å². The van der Waals surface area contributed by atoms with Crippen LogP contribution in [0, 0.1) is 0 Å². The summed E-state index contributed by atoms with van der Waals surface area (Å²) in [5, 5.41) is 6.50. The molecule has 3 fully saturated rings. The van der Waals surface area contributed by atoms with Crippen molar-refractivity contribution < 1.29 is 14.3 Å². The van der Waals surface area contributed by atoms with Crippen LogP contribution < -0.4 is 10.6 Å². The number of morpholine rings is 2. The lowest BCUT2D eigenvalue weighted by molar-refractivity contribution is -0.130. The normalized spacial score (nSPS) is 32.4. The first-order chi connectivity index (χ1) is 11.2. The smallest absolute Gasteiger partial charge is 0.239 e. The molecule has 0 bridgehead atoms. The minimum Gasteiger partial charge on any atom is -0.379 e. The first-order valence-corrected chi connectivity index (χ1v) is 9.17. The SMILES string of the molecule is C[C@H]1OCCN[C@@H]1C(=O)NCC1(N2CCOCC2)CCCCC1. The van der Waals surface area contributed by atoms with E-state index < -0.39 is 0 Å². The number of hydrogen-bond acceptors (Lipinski definition) is 5. The van der Waals surface area contributed by atoms with Crippen LogP contribution in [-0.4, -0.2) is 74.5 Å². The molecule has 2 aliphatic heterocycles. The summed E-state index contributed by atoms with van der Waals surface area (Å²) < 4.78 is 11.1. The highest BCUT2D eigenvalue weighted by atomic mass is 16.5. The quantitative estimate of drug-likeness (QED) is 0.789. The highest BCUT2D eigenvalue weighted by Gasteiger charge is 2.39. The molecule has 2 saturated heterocycles. The van der Waals surface area contributed by atoms with Crippen LogP contribution in [0.3, 0.4) is 0 Å². The van der Waals surface area contributed by atoms with Gasteiger partial charge in [-0.2, -0.15) is 0 Å². The van der Waals surface area contributed by atoms with Crippen LogP contribution in [0.5, 0.6) is 0 Å². The molecule has 2 heterocycles. The van der Waals surface area contributed by atoms with E-state index in [-0.39, 0.29) is 23.6 Å². The van der Waals surface area contributed by atoms with Crippen LogP contribution in [0.4, 0.5) is 0 Å². The molecule has 6 heteroatoms. The van der Waals surface area contributed by atoms with Crippen molar-refractivity contribution in [3.05, 3.63) is 0 Å². The maximum absolute atomic E-state index is 12.6. The van der Waals surface area contributed by atoms with Crippen molar-refractivity contribution in [3.8, 4) is 0 Å². The molecular weight excluding hydrogens is 294 g/mol. The van der Waals surface area contributed by atoms with Gasteiger partial charge >= 0.3 is 0 Å². The summed E-state index contributed by atoms with van der Waals surface area (Å²) in [6, 6.07) is -0.228. The van der Waals surface area contributed by atoms with Crippen molar-refractivity contribution >= 4 is 5.91 Å². The largest absolute Gasteiger partial charge is 0.379 e. The predicted octanol–water partition coefficient (Wildman–Crippen LogP) is 0.515. The first kappa shape index (κ1) is 17.1. The lowest BCUT2D eigenvalue weighted by Crippen LogP contribution is -2.62. The van der Waals surface area contributed by atoms with Gasteiger partial charge in [-0.05, 0) is 19.8 Å². The van der Waals surface area contributed by atoms with E-state index in [9.17, 15) is 4.79 Å². The van der Waals surface area contributed by atoms with E-state index >= 15 is 0 Å². The second-order valence-corrected chi connectivity index (χ2v) is 7.11. The summed E-state index contributed by atoms with van der Waals surface area (Å²) in [4.78, 5) is 15.1. The van der Waals surface area contributed by atoms with E-state index in [0.29, 0.717) is 6.61 Å². The average molecular weight is 325 g/mol. The molecule has 2 N–H and O–H groups in total. The van der Waals surface area contributed by atoms with Crippen molar-refractivity contribution in [3.63, 3.8) is 0 Å². The zero-order valence-electron chi connectivity index (χ0n) is 14.3. The van der Waals surface area contributed by atoms with Crippen LogP contribution >= 0.6 is 0 Å². The third kappa shape index (κ3) is 4.05. The number of rotatable bonds is 4. The lowest BCUT2D eigenvalue weighted by atomic mass is 9.79. The molecule has 0 unspecified atom stereocenters. The van der Waals surface area contributed by atoms with E-state index in [1.165, 1.54) is 32.1 Å². The number of nitrogens with one attached hydrogen (secondary N) is 2. The minimum atomic E-state index is -0.228. The summed E-state index contributed by atoms with van der Waals surface area (Å²) in [6.45, 7) is 7.73. The van der Waals surface area contributed by atoms with Gasteiger partial charge in [-0.1, -0.05) is 19.3 Å². The van der Waals surface area contributed by atoms with E-state index in [1.54, 1.807) is 0 Å². The van der Waals surface area contributed by atoms with Gasteiger partial charge in [-0.15, -0.1) is 0 Å². The van der Waals surface area contributed by atoms with Crippen molar-refractivity contribution in [1.82, 2.24) is 15.5 Å². The fraction of sp³-hybridized carbons (Fsp3) is 0.941. The molecule has 0 aromatic rings. The zero-order valence-corrected chi connectivity index (χ0v) is 14.3. The molecule has 0 aromatic heterocycles.